The van der Waals surface area contributed by atoms with Crippen molar-refractivity contribution in [2.45, 2.75) is 6.18 Å². The van der Waals surface area contributed by atoms with Gasteiger partial charge in [-0.15, -0.1) is 0 Å². The maximum absolute atomic E-state index is 13.0. The Bertz CT molecular complexity index is 765. The zero-order valence-corrected chi connectivity index (χ0v) is 12.1. The van der Waals surface area contributed by atoms with Gasteiger partial charge < -0.3 is 5.32 Å². The molecule has 0 spiro atoms. The smallest absolute Gasteiger partial charge is 0.324 e. The topological polar surface area (TPSA) is 86.8 Å². The summed E-state index contributed by atoms with van der Waals surface area (Å²) in [6, 6.07) is 0.686. The third-order valence-corrected chi connectivity index (χ3v) is 2.98. The first-order chi connectivity index (χ1) is 11.5. The van der Waals surface area contributed by atoms with Crippen LogP contribution >= 0.6 is 0 Å². The van der Waals surface area contributed by atoms with Gasteiger partial charge >= 0.3 is 24.0 Å². The van der Waals surface area contributed by atoms with E-state index in [-0.39, 0.29) is 15.5 Å². The number of halogens is 5. The van der Waals surface area contributed by atoms with E-state index in [2.05, 4.69) is 0 Å². The summed E-state index contributed by atoms with van der Waals surface area (Å²) in [4.78, 5) is 46.1. The Hall–Kier alpha value is -3.05. The van der Waals surface area contributed by atoms with E-state index < -0.39 is 54.7 Å². The number of urea groups is 1. The van der Waals surface area contributed by atoms with Gasteiger partial charge in [0, 0.05) is 11.8 Å². The molecule has 7 nitrogen and oxygen atoms in total. The highest BCUT2D eigenvalue weighted by Crippen LogP contribution is 2.21. The van der Waals surface area contributed by atoms with Crippen LogP contribution in [0.1, 0.15) is 0 Å². The second-order valence-electron chi connectivity index (χ2n) is 4.86. The standard InChI is InChI=1S/C13H8F5N3O4/c14-7-2-1-6(3-8(7)15)19-9(22)4-20-10(23)11(24)21(12(20)25)5-13(16,17)18/h1-3H,4-5H2,(H,19,22). The van der Waals surface area contributed by atoms with Crippen LogP contribution in [0, 0.1) is 11.6 Å². The van der Waals surface area contributed by atoms with Crippen LogP contribution in [0.4, 0.5) is 32.4 Å². The maximum atomic E-state index is 13.0. The fourth-order valence-corrected chi connectivity index (χ4v) is 1.93. The molecule has 0 saturated carbocycles. The molecule has 0 atom stereocenters. The number of nitrogens with one attached hydrogen (secondary N) is 1. The summed E-state index contributed by atoms with van der Waals surface area (Å²) in [5.74, 6) is -6.89. The molecule has 0 aliphatic carbocycles. The highest BCUT2D eigenvalue weighted by molar-refractivity contribution is 6.45. The highest BCUT2D eigenvalue weighted by Gasteiger charge is 2.49. The van der Waals surface area contributed by atoms with Crippen molar-refractivity contribution >= 4 is 29.4 Å². The summed E-state index contributed by atoms with van der Waals surface area (Å²) in [5, 5.41) is 2.01. The van der Waals surface area contributed by atoms with Crippen LogP contribution in [-0.2, 0) is 14.4 Å². The summed E-state index contributed by atoms with van der Waals surface area (Å²) >= 11 is 0. The van der Waals surface area contributed by atoms with Crippen LogP contribution < -0.4 is 5.32 Å². The van der Waals surface area contributed by atoms with Crippen molar-refractivity contribution in [2.24, 2.45) is 0 Å². The fraction of sp³-hybridized carbons (Fsp3) is 0.231. The molecule has 0 bridgehead atoms. The van der Waals surface area contributed by atoms with E-state index in [1.54, 1.807) is 0 Å². The quantitative estimate of drug-likeness (QED) is 0.494. The van der Waals surface area contributed by atoms with Crippen molar-refractivity contribution in [1.82, 2.24) is 9.80 Å². The minimum Gasteiger partial charge on any atom is -0.324 e. The van der Waals surface area contributed by atoms with Gasteiger partial charge in [0.1, 0.15) is 13.1 Å². The van der Waals surface area contributed by atoms with Gasteiger partial charge in [-0.25, -0.2) is 23.4 Å². The van der Waals surface area contributed by atoms with E-state index in [1.165, 1.54) is 0 Å². The van der Waals surface area contributed by atoms with Crippen molar-refractivity contribution in [3.8, 4) is 0 Å². The molecule has 1 aromatic carbocycles. The number of amides is 5. The molecule has 0 unspecified atom stereocenters. The monoisotopic (exact) mass is 365 g/mol. The van der Waals surface area contributed by atoms with Gasteiger partial charge in [0.25, 0.3) is 0 Å². The number of carbonyl (C=O) groups is 4. The van der Waals surface area contributed by atoms with Crippen molar-refractivity contribution in [3.05, 3.63) is 29.8 Å². The van der Waals surface area contributed by atoms with Crippen molar-refractivity contribution < 1.29 is 41.1 Å². The average molecular weight is 365 g/mol. The van der Waals surface area contributed by atoms with Crippen LogP contribution in [0.3, 0.4) is 0 Å². The molecule has 1 N–H and O–H groups in total. The number of anilines is 1. The molecule has 1 aliphatic rings. The van der Waals surface area contributed by atoms with Gasteiger partial charge in [0.05, 0.1) is 0 Å². The molecule has 1 aliphatic heterocycles. The molecule has 25 heavy (non-hydrogen) atoms. The van der Waals surface area contributed by atoms with Crippen LogP contribution in [0.15, 0.2) is 18.2 Å². The average Bonchev–Trinajstić information content (AvgIpc) is 2.67. The molecule has 1 fully saturated rings. The lowest BCUT2D eigenvalue weighted by Crippen LogP contribution is -2.41. The Kier molecular flexibility index (Phi) is 4.72. The van der Waals surface area contributed by atoms with E-state index in [1.807, 2.05) is 5.32 Å². The van der Waals surface area contributed by atoms with Gasteiger partial charge in [-0.1, -0.05) is 0 Å². The lowest BCUT2D eigenvalue weighted by molar-refractivity contribution is -0.156. The number of imide groups is 2. The van der Waals surface area contributed by atoms with Gasteiger partial charge in [-0.2, -0.15) is 13.2 Å². The Morgan fingerprint density at radius 1 is 1.00 bits per heavy atom. The number of hydrogen-bond acceptors (Lipinski definition) is 4. The van der Waals surface area contributed by atoms with Gasteiger partial charge in [0.15, 0.2) is 11.6 Å². The highest BCUT2D eigenvalue weighted by atomic mass is 19.4. The third kappa shape index (κ3) is 4.08. The third-order valence-electron chi connectivity index (χ3n) is 2.98. The van der Waals surface area contributed by atoms with Gasteiger partial charge in [-0.05, 0) is 12.1 Å². The van der Waals surface area contributed by atoms with Crippen LogP contribution in [0.5, 0.6) is 0 Å². The number of benzene rings is 1. The van der Waals surface area contributed by atoms with Crippen LogP contribution in [0.2, 0.25) is 0 Å². The number of carbonyl (C=O) groups excluding carboxylic acids is 4. The normalized spacial score (nSPS) is 15.2. The second-order valence-corrected chi connectivity index (χ2v) is 4.86. The van der Waals surface area contributed by atoms with Gasteiger partial charge in [-0.3, -0.25) is 14.4 Å². The van der Waals surface area contributed by atoms with E-state index in [0.29, 0.717) is 12.1 Å². The summed E-state index contributed by atoms with van der Waals surface area (Å²) < 4.78 is 62.7. The lowest BCUT2D eigenvalue weighted by Gasteiger charge is -2.16. The zero-order valence-electron chi connectivity index (χ0n) is 12.1. The summed E-state index contributed by atoms with van der Waals surface area (Å²) in [5.41, 5.74) is -0.221. The minimum atomic E-state index is -4.92. The number of alkyl halides is 3. The number of nitrogens with zero attached hydrogens (tertiary/aromatic N) is 2. The SMILES string of the molecule is O=C(CN1C(=O)C(=O)N(CC(F)(F)F)C1=O)Nc1ccc(F)c(F)c1. The maximum Gasteiger partial charge on any atom is 0.406 e. The van der Waals surface area contributed by atoms with E-state index >= 15 is 0 Å². The first-order valence-electron chi connectivity index (χ1n) is 6.48. The second kappa shape index (κ2) is 6.45. The number of hydrogen-bond donors (Lipinski definition) is 1. The Balaban J connectivity index is 2.07. The fourth-order valence-electron chi connectivity index (χ4n) is 1.93. The molecule has 134 valence electrons. The largest absolute Gasteiger partial charge is 0.406 e. The van der Waals surface area contributed by atoms with Crippen molar-refractivity contribution in [2.75, 3.05) is 18.4 Å². The summed E-state index contributed by atoms with van der Waals surface area (Å²) in [7, 11) is 0. The lowest BCUT2D eigenvalue weighted by atomic mass is 10.3. The van der Waals surface area contributed by atoms with Crippen LogP contribution in [0.25, 0.3) is 0 Å². The Labute approximate surface area is 136 Å². The first kappa shape index (κ1) is 18.3. The molecule has 0 radical (unpaired) electrons. The van der Waals surface area contributed by atoms with Crippen LogP contribution in [-0.4, -0.2) is 52.8 Å². The van der Waals surface area contributed by atoms with Crippen molar-refractivity contribution in [1.29, 1.82) is 0 Å². The van der Waals surface area contributed by atoms with E-state index in [9.17, 15) is 41.1 Å². The Morgan fingerprint density at radius 3 is 2.16 bits per heavy atom. The zero-order chi connectivity index (χ0) is 18.9. The summed E-state index contributed by atoms with van der Waals surface area (Å²) in [6.45, 7) is -3.05. The molecular formula is C13H8F5N3O4. The molecule has 0 aromatic heterocycles. The molecule has 1 aromatic rings. The number of rotatable bonds is 4. The summed E-state index contributed by atoms with van der Waals surface area (Å²) in [6.07, 6.45) is -4.92. The molecular weight excluding hydrogens is 357 g/mol. The molecule has 5 amide bonds. The van der Waals surface area contributed by atoms with Gasteiger partial charge in [0.2, 0.25) is 5.91 Å². The van der Waals surface area contributed by atoms with Crippen molar-refractivity contribution in [3.63, 3.8) is 0 Å². The molecule has 2 rings (SSSR count). The Morgan fingerprint density at radius 2 is 1.60 bits per heavy atom. The molecule has 1 heterocycles. The first-order valence-corrected chi connectivity index (χ1v) is 6.48. The predicted octanol–water partition coefficient (Wildman–Crippen LogP) is 1.26. The molecule has 12 heteroatoms. The van der Waals surface area contributed by atoms with E-state index in [0.717, 1.165) is 6.07 Å². The molecule has 1 saturated heterocycles. The van der Waals surface area contributed by atoms with E-state index in [4.69, 9.17) is 0 Å². The predicted molar refractivity (Wildman–Crippen MR) is 69.9 cm³/mol. The minimum absolute atomic E-state index is 0.0171.